The minimum absolute atomic E-state index is 0.0977. The molecule has 0 saturated heterocycles. The van der Waals surface area contributed by atoms with Crippen LogP contribution in [0.2, 0.25) is 0 Å². The van der Waals surface area contributed by atoms with Crippen molar-refractivity contribution in [3.05, 3.63) is 224 Å². The fourth-order valence-corrected chi connectivity index (χ4v) is 7.87. The number of nitrogens with zero attached hydrogens (tertiary/aromatic N) is 2. The second-order valence-electron chi connectivity index (χ2n) is 14.7. The van der Waals surface area contributed by atoms with Gasteiger partial charge in [-0.15, -0.1) is 0 Å². The van der Waals surface area contributed by atoms with E-state index >= 15 is 0 Å². The highest BCUT2D eigenvalue weighted by Gasteiger charge is 2.17. The van der Waals surface area contributed by atoms with Crippen LogP contribution in [-0.2, 0) is 0 Å². The maximum atomic E-state index is 9.19. The van der Waals surface area contributed by atoms with Gasteiger partial charge in [0.15, 0.2) is 5.84 Å². The summed E-state index contributed by atoms with van der Waals surface area (Å²) in [5, 5.41) is 20.4. The van der Waals surface area contributed by atoms with Gasteiger partial charge in [0.05, 0.1) is 0 Å². The van der Waals surface area contributed by atoms with E-state index in [1.54, 1.807) is 6.08 Å². The van der Waals surface area contributed by atoms with Crippen molar-refractivity contribution in [2.24, 2.45) is 4.99 Å². The van der Waals surface area contributed by atoms with E-state index in [0.29, 0.717) is 5.84 Å². The van der Waals surface area contributed by atoms with E-state index in [1.807, 2.05) is 67.0 Å². The van der Waals surface area contributed by atoms with Crippen molar-refractivity contribution in [3.8, 4) is 33.4 Å². The van der Waals surface area contributed by atoms with Crippen molar-refractivity contribution in [1.29, 1.82) is 5.41 Å². The first-order valence-electron chi connectivity index (χ1n) is 20.1. The van der Waals surface area contributed by atoms with Crippen molar-refractivity contribution in [2.45, 2.75) is 25.8 Å². The highest BCUT2D eigenvalue weighted by Crippen LogP contribution is 2.38. The number of allylic oxidation sites excluding steroid dienone is 5. The number of fused-ring (bicyclic) bond motifs is 6. The van der Waals surface area contributed by atoms with Crippen LogP contribution in [0.3, 0.4) is 0 Å². The lowest BCUT2D eigenvalue weighted by Gasteiger charge is -2.22. The van der Waals surface area contributed by atoms with Crippen molar-refractivity contribution in [2.75, 3.05) is 0 Å². The summed E-state index contributed by atoms with van der Waals surface area (Å²) in [7, 11) is 0. The highest BCUT2D eigenvalue weighted by molar-refractivity contribution is 6.25. The molecule has 286 valence electrons. The van der Waals surface area contributed by atoms with E-state index in [-0.39, 0.29) is 11.9 Å². The number of benzene rings is 7. The van der Waals surface area contributed by atoms with Gasteiger partial charge >= 0.3 is 0 Å². The van der Waals surface area contributed by atoms with Gasteiger partial charge in [0.25, 0.3) is 0 Å². The van der Waals surface area contributed by atoms with Gasteiger partial charge in [0.2, 0.25) is 0 Å². The SMILES string of the molecule is C=C/C=C\CC/C(=C\C=C)[C@H](C)NC(=NC(=N)c1ccccc1)c1cc(-c2ccc(-c3ccncc3)cc2)cc(-c2ccc3c4ccccc4c4ccccc4c3c2)c1. The maximum Gasteiger partial charge on any atom is 0.154 e. The van der Waals surface area contributed by atoms with Crippen LogP contribution < -0.4 is 5.32 Å². The molecule has 0 bridgehead atoms. The van der Waals surface area contributed by atoms with Gasteiger partial charge < -0.3 is 5.32 Å². The van der Waals surface area contributed by atoms with E-state index < -0.39 is 0 Å². The van der Waals surface area contributed by atoms with E-state index in [0.717, 1.165) is 57.3 Å². The van der Waals surface area contributed by atoms with Crippen LogP contribution in [0.15, 0.2) is 218 Å². The quantitative estimate of drug-likeness (QED) is 0.0563. The molecule has 59 heavy (non-hydrogen) atoms. The molecule has 0 amide bonds. The number of hydrogen-bond donors (Lipinski definition) is 2. The summed E-state index contributed by atoms with van der Waals surface area (Å²) in [6, 6.07) is 53.2. The first kappa shape index (κ1) is 38.4. The molecule has 8 rings (SSSR count). The lowest BCUT2D eigenvalue weighted by atomic mass is 9.90. The smallest absolute Gasteiger partial charge is 0.154 e. The topological polar surface area (TPSA) is 61.1 Å². The van der Waals surface area contributed by atoms with Crippen LogP contribution >= 0.6 is 0 Å². The Kier molecular flexibility index (Phi) is 11.6. The molecule has 0 saturated carbocycles. The van der Waals surface area contributed by atoms with Gasteiger partial charge in [0.1, 0.15) is 5.84 Å². The summed E-state index contributed by atoms with van der Waals surface area (Å²) >= 11 is 0. The molecule has 1 aromatic heterocycles. The zero-order valence-electron chi connectivity index (χ0n) is 33.3. The Morgan fingerprint density at radius 1 is 0.593 bits per heavy atom. The van der Waals surface area contributed by atoms with E-state index in [4.69, 9.17) is 4.99 Å². The van der Waals surface area contributed by atoms with Crippen molar-refractivity contribution < 1.29 is 0 Å². The molecule has 0 unspecified atom stereocenters. The number of amidine groups is 2. The van der Waals surface area contributed by atoms with Crippen molar-refractivity contribution in [1.82, 2.24) is 10.3 Å². The molecular weight excluding hydrogens is 717 g/mol. The molecular formula is C55H46N4. The number of aromatic nitrogens is 1. The number of nitrogens with one attached hydrogen (secondary N) is 2. The van der Waals surface area contributed by atoms with E-state index in [2.05, 4.69) is 152 Å². The Labute approximate surface area is 346 Å². The monoisotopic (exact) mass is 762 g/mol. The normalized spacial score (nSPS) is 12.6. The Balaban J connectivity index is 1.30. The molecule has 0 aliphatic carbocycles. The van der Waals surface area contributed by atoms with Crippen molar-refractivity contribution >= 4 is 44.0 Å². The Morgan fingerprint density at radius 2 is 1.14 bits per heavy atom. The molecule has 0 spiro atoms. The highest BCUT2D eigenvalue weighted by atomic mass is 15.0. The average molecular weight is 763 g/mol. The molecule has 7 aromatic carbocycles. The zero-order chi connectivity index (χ0) is 40.6. The van der Waals surface area contributed by atoms with E-state index in [9.17, 15) is 5.41 Å². The van der Waals surface area contributed by atoms with Crippen LogP contribution in [0.5, 0.6) is 0 Å². The molecule has 0 aliphatic heterocycles. The Bertz CT molecular complexity index is 2870. The lowest BCUT2D eigenvalue weighted by Crippen LogP contribution is -2.35. The summed E-state index contributed by atoms with van der Waals surface area (Å²) in [5.41, 5.74) is 9.34. The lowest BCUT2D eigenvalue weighted by molar-refractivity contribution is 0.716. The number of rotatable bonds is 12. The first-order valence-corrected chi connectivity index (χ1v) is 20.1. The van der Waals surface area contributed by atoms with Crippen LogP contribution in [0.1, 0.15) is 30.9 Å². The van der Waals surface area contributed by atoms with Gasteiger partial charge in [0, 0.05) is 29.6 Å². The van der Waals surface area contributed by atoms with Gasteiger partial charge in [-0.05, 0) is 127 Å². The predicted octanol–water partition coefficient (Wildman–Crippen LogP) is 13.9. The minimum Gasteiger partial charge on any atom is -0.363 e. The second kappa shape index (κ2) is 17.8. The van der Waals surface area contributed by atoms with Gasteiger partial charge in [-0.25, -0.2) is 4.99 Å². The molecule has 4 nitrogen and oxygen atoms in total. The fourth-order valence-electron chi connectivity index (χ4n) is 7.87. The summed E-state index contributed by atoms with van der Waals surface area (Å²) in [5.74, 6) is 0.804. The third kappa shape index (κ3) is 8.49. The molecule has 1 heterocycles. The second-order valence-corrected chi connectivity index (χ2v) is 14.7. The van der Waals surface area contributed by atoms with Crippen LogP contribution in [0.4, 0.5) is 0 Å². The molecule has 4 heteroatoms. The third-order valence-corrected chi connectivity index (χ3v) is 10.9. The average Bonchev–Trinajstić information content (AvgIpc) is 3.30. The summed E-state index contributed by atoms with van der Waals surface area (Å²) in [6.07, 6.45) is 15.2. The molecule has 1 atom stereocenters. The first-order chi connectivity index (χ1) is 29.0. The number of pyridine rings is 1. The third-order valence-electron chi connectivity index (χ3n) is 10.9. The minimum atomic E-state index is -0.0977. The van der Waals surface area contributed by atoms with Crippen molar-refractivity contribution in [3.63, 3.8) is 0 Å². The summed E-state index contributed by atoms with van der Waals surface area (Å²) in [6.45, 7) is 9.99. The molecule has 0 radical (unpaired) electrons. The fraction of sp³-hybridized carbons (Fsp3) is 0.0727. The van der Waals surface area contributed by atoms with Gasteiger partial charge in [-0.3, -0.25) is 10.4 Å². The maximum absolute atomic E-state index is 9.19. The largest absolute Gasteiger partial charge is 0.363 e. The molecule has 0 aliphatic rings. The Hall–Kier alpha value is -7.43. The van der Waals surface area contributed by atoms with Crippen LogP contribution in [0.25, 0.3) is 65.7 Å². The Morgan fingerprint density at radius 3 is 1.76 bits per heavy atom. The molecule has 0 fully saturated rings. The van der Waals surface area contributed by atoms with Gasteiger partial charge in [-0.2, -0.15) is 0 Å². The van der Waals surface area contributed by atoms with Gasteiger partial charge in [-0.1, -0.05) is 159 Å². The molecule has 8 aromatic rings. The van der Waals surface area contributed by atoms with Crippen LogP contribution in [0, 0.1) is 5.41 Å². The summed E-state index contributed by atoms with van der Waals surface area (Å²) in [4.78, 5) is 9.27. The number of hydrogen-bond acceptors (Lipinski definition) is 2. The number of aliphatic imine (C=N–C) groups is 1. The summed E-state index contributed by atoms with van der Waals surface area (Å²) < 4.78 is 0. The van der Waals surface area contributed by atoms with E-state index in [1.165, 1.54) is 37.9 Å². The van der Waals surface area contributed by atoms with Crippen LogP contribution in [-0.4, -0.2) is 22.7 Å². The zero-order valence-corrected chi connectivity index (χ0v) is 33.3. The predicted molar refractivity (Wildman–Crippen MR) is 252 cm³/mol. The molecule has 2 N–H and O–H groups in total. The standard InChI is InChI=1S/C55H46N4/c1-4-6-7-9-17-39(16-5-2)38(3)58-55(59-54(56)43-18-10-8-11-19-43)47-35-45(41-26-24-40(25-27-41)42-30-32-57-33-31-42)34-46(36-47)44-28-29-52-50-22-13-12-20-48(50)49-21-14-15-23-51(49)53(52)37-44/h4-8,10-16,18-38H,1-2,9,17H2,3H3,(H2,56,58,59)/b7-6-,39-16+/t38-/m0/s1.